The minimum Gasteiger partial charge on any atom is -0.326 e. The van der Waals surface area contributed by atoms with Gasteiger partial charge in [0.15, 0.2) is 0 Å². The summed E-state index contributed by atoms with van der Waals surface area (Å²) >= 11 is 0. The Kier molecular flexibility index (Phi) is 3.48. The third-order valence-electron chi connectivity index (χ3n) is 3.31. The van der Waals surface area contributed by atoms with E-state index in [4.69, 9.17) is 0 Å². The van der Waals surface area contributed by atoms with E-state index >= 15 is 0 Å². The molecule has 0 spiro atoms. The molecule has 10 nitrogen and oxygen atoms in total. The average Bonchev–Trinajstić information content (AvgIpc) is 2.97. The molecule has 1 aliphatic heterocycles. The average molecular weight is 316 g/mol. The van der Waals surface area contributed by atoms with Gasteiger partial charge in [-0.25, -0.2) is 4.68 Å². The summed E-state index contributed by atoms with van der Waals surface area (Å²) in [5.74, 6) is 0.0697. The Morgan fingerprint density at radius 1 is 1.43 bits per heavy atom. The van der Waals surface area contributed by atoms with Crippen LogP contribution in [0.25, 0.3) is 0 Å². The Morgan fingerprint density at radius 2 is 2.13 bits per heavy atom. The van der Waals surface area contributed by atoms with Crippen LogP contribution in [0.4, 0.5) is 17.3 Å². The first kappa shape index (κ1) is 14.6. The Bertz CT molecular complexity index is 797. The number of nitro groups is 1. The van der Waals surface area contributed by atoms with Gasteiger partial charge in [0.05, 0.1) is 11.3 Å². The number of amides is 2. The number of carbonyl (C=O) groups excluding carboxylic acids is 2. The highest BCUT2D eigenvalue weighted by Crippen LogP contribution is 2.25. The predicted molar refractivity (Wildman–Crippen MR) is 78.8 cm³/mol. The molecule has 1 atom stereocenters. The number of nitrogens with one attached hydrogen (secondary N) is 2. The molecule has 0 fully saturated rings. The summed E-state index contributed by atoms with van der Waals surface area (Å²) in [6, 6.07) is 4.67. The Hall–Kier alpha value is -3.30. The number of hydrogen-bond donors (Lipinski definition) is 2. The number of rotatable bonds is 4. The van der Waals surface area contributed by atoms with Crippen LogP contribution >= 0.6 is 0 Å². The molecule has 2 N–H and O–H groups in total. The second-order valence-electron chi connectivity index (χ2n) is 4.99. The van der Waals surface area contributed by atoms with E-state index in [9.17, 15) is 19.7 Å². The largest absolute Gasteiger partial charge is 0.326 e. The number of aryl methyl sites for hydroxylation is 1. The molecule has 3 rings (SSSR count). The second kappa shape index (κ2) is 5.48. The maximum atomic E-state index is 12.1. The van der Waals surface area contributed by atoms with Crippen LogP contribution in [0.2, 0.25) is 0 Å². The van der Waals surface area contributed by atoms with E-state index in [1.54, 1.807) is 6.92 Å². The number of anilines is 2. The van der Waals surface area contributed by atoms with Crippen LogP contribution in [-0.2, 0) is 9.59 Å². The summed E-state index contributed by atoms with van der Waals surface area (Å²) in [6.45, 7) is 1.69. The van der Waals surface area contributed by atoms with Crippen LogP contribution < -0.4 is 10.6 Å². The van der Waals surface area contributed by atoms with Crippen molar-refractivity contribution in [1.29, 1.82) is 0 Å². The molecule has 0 radical (unpaired) electrons. The van der Waals surface area contributed by atoms with Crippen molar-refractivity contribution in [3.63, 3.8) is 0 Å². The fourth-order valence-electron chi connectivity index (χ4n) is 2.27. The normalized spacial score (nSPS) is 15.9. The molecule has 2 heterocycles. The van der Waals surface area contributed by atoms with Gasteiger partial charge in [0.25, 0.3) is 11.6 Å². The van der Waals surface area contributed by atoms with Gasteiger partial charge >= 0.3 is 0 Å². The summed E-state index contributed by atoms with van der Waals surface area (Å²) in [6.07, 6.45) is -0.112. The second-order valence-corrected chi connectivity index (χ2v) is 4.99. The van der Waals surface area contributed by atoms with Crippen molar-refractivity contribution in [1.82, 2.24) is 14.8 Å². The minimum atomic E-state index is -0.760. The van der Waals surface area contributed by atoms with Gasteiger partial charge < -0.3 is 5.32 Å². The van der Waals surface area contributed by atoms with Crippen molar-refractivity contribution in [2.24, 2.45) is 0 Å². The quantitative estimate of drug-likeness (QED) is 0.639. The zero-order valence-electron chi connectivity index (χ0n) is 12.0. The molecule has 1 aromatic heterocycles. The van der Waals surface area contributed by atoms with Gasteiger partial charge in [-0.15, -0.1) is 0 Å². The Labute approximate surface area is 129 Å². The Balaban J connectivity index is 1.67. The third kappa shape index (κ3) is 2.86. The molecule has 10 heteroatoms. The zero-order valence-corrected chi connectivity index (χ0v) is 12.0. The third-order valence-corrected chi connectivity index (χ3v) is 3.31. The molecule has 1 aromatic carbocycles. The maximum Gasteiger partial charge on any atom is 0.269 e. The van der Waals surface area contributed by atoms with E-state index in [1.807, 2.05) is 0 Å². The standard InChI is InChI=1S/C13H12N6O4/c1-7-14-13-16-12(21)10(18(13)17-7)6-11(20)15-8-2-4-9(5-3-8)19(22)23/h2-5,10H,6H2,1H3,(H,15,20)(H,14,16,17,21)/t10-/m1/s1. The van der Waals surface area contributed by atoms with E-state index in [0.717, 1.165) is 0 Å². The molecular formula is C13H12N6O4. The highest BCUT2D eigenvalue weighted by atomic mass is 16.6. The number of benzene rings is 1. The molecule has 23 heavy (non-hydrogen) atoms. The zero-order chi connectivity index (χ0) is 16.6. The van der Waals surface area contributed by atoms with Crippen molar-refractivity contribution >= 4 is 29.1 Å². The molecule has 0 aliphatic carbocycles. The van der Waals surface area contributed by atoms with Crippen molar-refractivity contribution < 1.29 is 14.5 Å². The van der Waals surface area contributed by atoms with E-state index in [2.05, 4.69) is 20.7 Å². The molecular weight excluding hydrogens is 304 g/mol. The van der Waals surface area contributed by atoms with E-state index in [0.29, 0.717) is 17.5 Å². The van der Waals surface area contributed by atoms with E-state index < -0.39 is 16.9 Å². The van der Waals surface area contributed by atoms with Gasteiger partial charge in [-0.1, -0.05) is 0 Å². The van der Waals surface area contributed by atoms with Crippen LogP contribution in [-0.4, -0.2) is 31.5 Å². The van der Waals surface area contributed by atoms with Gasteiger partial charge in [-0.05, 0) is 19.1 Å². The van der Waals surface area contributed by atoms with Crippen LogP contribution in [0, 0.1) is 17.0 Å². The fourth-order valence-corrected chi connectivity index (χ4v) is 2.27. The number of hydrogen-bond acceptors (Lipinski definition) is 6. The molecule has 2 aromatic rings. The molecule has 0 bridgehead atoms. The fraction of sp³-hybridized carbons (Fsp3) is 0.231. The highest BCUT2D eigenvalue weighted by Gasteiger charge is 2.34. The first-order valence-electron chi connectivity index (χ1n) is 6.72. The number of fused-ring (bicyclic) bond motifs is 1. The van der Waals surface area contributed by atoms with Crippen molar-refractivity contribution in [2.45, 2.75) is 19.4 Å². The lowest BCUT2D eigenvalue weighted by molar-refractivity contribution is -0.384. The van der Waals surface area contributed by atoms with Crippen molar-refractivity contribution in [3.8, 4) is 0 Å². The summed E-state index contributed by atoms with van der Waals surface area (Å²) in [7, 11) is 0. The lowest BCUT2D eigenvalue weighted by Gasteiger charge is -2.09. The van der Waals surface area contributed by atoms with Crippen LogP contribution in [0.1, 0.15) is 18.3 Å². The molecule has 0 unspecified atom stereocenters. The van der Waals surface area contributed by atoms with Gasteiger partial charge in [-0.3, -0.25) is 25.0 Å². The molecule has 1 aliphatic rings. The van der Waals surface area contributed by atoms with Crippen molar-refractivity contribution in [3.05, 3.63) is 40.2 Å². The van der Waals surface area contributed by atoms with E-state index in [1.165, 1.54) is 28.9 Å². The number of non-ortho nitro benzene ring substituents is 1. The first-order valence-corrected chi connectivity index (χ1v) is 6.72. The number of nitrogens with zero attached hydrogens (tertiary/aromatic N) is 4. The topological polar surface area (TPSA) is 132 Å². The van der Waals surface area contributed by atoms with Gasteiger partial charge in [-0.2, -0.15) is 10.1 Å². The minimum absolute atomic E-state index is 0.0686. The number of nitro benzene ring substituents is 1. The monoisotopic (exact) mass is 316 g/mol. The lowest BCUT2D eigenvalue weighted by Crippen LogP contribution is -2.23. The van der Waals surface area contributed by atoms with Crippen LogP contribution in [0.3, 0.4) is 0 Å². The van der Waals surface area contributed by atoms with E-state index in [-0.39, 0.29) is 18.0 Å². The predicted octanol–water partition coefficient (Wildman–Crippen LogP) is 1.02. The SMILES string of the molecule is Cc1nc2n(n1)[C@H](CC(=O)Nc1ccc([N+](=O)[O-])cc1)C(=O)N2. The van der Waals surface area contributed by atoms with Crippen LogP contribution in [0.15, 0.2) is 24.3 Å². The maximum absolute atomic E-state index is 12.1. The summed E-state index contributed by atoms with van der Waals surface area (Å²) in [5.41, 5.74) is 0.343. The highest BCUT2D eigenvalue weighted by molar-refractivity contribution is 6.00. The van der Waals surface area contributed by atoms with Gasteiger partial charge in [0, 0.05) is 17.8 Å². The lowest BCUT2D eigenvalue weighted by atomic mass is 10.2. The smallest absolute Gasteiger partial charge is 0.269 e. The summed E-state index contributed by atoms with van der Waals surface area (Å²) in [4.78, 5) is 38.0. The number of carbonyl (C=O) groups is 2. The molecule has 0 saturated carbocycles. The number of aromatic nitrogens is 3. The summed E-state index contributed by atoms with van der Waals surface area (Å²) in [5, 5.41) is 19.8. The molecule has 0 saturated heterocycles. The van der Waals surface area contributed by atoms with Gasteiger partial charge in [0.2, 0.25) is 11.9 Å². The summed E-state index contributed by atoms with van der Waals surface area (Å²) < 4.78 is 1.38. The molecule has 2 amide bonds. The van der Waals surface area contributed by atoms with Crippen LogP contribution in [0.5, 0.6) is 0 Å². The first-order chi connectivity index (χ1) is 10.9. The van der Waals surface area contributed by atoms with Gasteiger partial charge in [0.1, 0.15) is 11.9 Å². The Morgan fingerprint density at radius 3 is 2.78 bits per heavy atom. The molecule has 118 valence electrons. The van der Waals surface area contributed by atoms with Crippen molar-refractivity contribution in [2.75, 3.05) is 10.6 Å².